The van der Waals surface area contributed by atoms with Gasteiger partial charge in [-0.2, -0.15) is 4.99 Å². The summed E-state index contributed by atoms with van der Waals surface area (Å²) < 4.78 is 5.28. The van der Waals surface area contributed by atoms with Crippen LogP contribution in [0.25, 0.3) is 44.3 Å². The highest BCUT2D eigenvalue weighted by Crippen LogP contribution is 2.40. The molecular weight excluding hydrogens is 576 g/mol. The summed E-state index contributed by atoms with van der Waals surface area (Å²) in [6.45, 7) is 2.02. The van der Waals surface area contributed by atoms with Gasteiger partial charge in [0.25, 0.3) is 0 Å². The van der Waals surface area contributed by atoms with Crippen LogP contribution in [0.3, 0.4) is 0 Å². The molecule has 7 aromatic rings. The SMILES string of the molecule is COc1ccc(N=N/C(=N\c2nc(-c3c(-c4ccc(Cl)cc4)[nH]c4ccccc34)cs2)c2c(C)[nH]c3ccccc23)cc1. The van der Waals surface area contributed by atoms with E-state index in [1.807, 2.05) is 91.2 Å². The molecule has 0 fully saturated rings. The number of aliphatic imine (C=N–C) groups is 1. The number of hydrogen-bond acceptors (Lipinski definition) is 5. The van der Waals surface area contributed by atoms with Crippen molar-refractivity contribution in [1.29, 1.82) is 0 Å². The minimum atomic E-state index is 0.475. The molecule has 210 valence electrons. The van der Waals surface area contributed by atoms with Gasteiger partial charge in [0.05, 0.1) is 24.2 Å². The maximum atomic E-state index is 6.19. The lowest BCUT2D eigenvalue weighted by Gasteiger charge is -2.03. The van der Waals surface area contributed by atoms with E-state index in [9.17, 15) is 0 Å². The molecule has 43 heavy (non-hydrogen) atoms. The number of methoxy groups -OCH3 is 1. The van der Waals surface area contributed by atoms with Crippen molar-refractivity contribution in [3.63, 3.8) is 0 Å². The predicted molar refractivity (Wildman–Crippen MR) is 177 cm³/mol. The van der Waals surface area contributed by atoms with Crippen LogP contribution in [0.15, 0.2) is 118 Å². The summed E-state index contributed by atoms with van der Waals surface area (Å²) in [5.74, 6) is 1.23. The highest BCUT2D eigenvalue weighted by atomic mass is 35.5. The van der Waals surface area contributed by atoms with Crippen LogP contribution < -0.4 is 4.74 Å². The second kappa shape index (κ2) is 11.3. The minimum absolute atomic E-state index is 0.475. The van der Waals surface area contributed by atoms with Crippen LogP contribution in [0.2, 0.25) is 5.02 Å². The van der Waals surface area contributed by atoms with E-state index in [4.69, 9.17) is 26.3 Å². The van der Waals surface area contributed by atoms with Gasteiger partial charge in [0.2, 0.25) is 5.13 Å². The summed E-state index contributed by atoms with van der Waals surface area (Å²) in [7, 11) is 1.64. The largest absolute Gasteiger partial charge is 0.497 e. The molecule has 0 aliphatic rings. The van der Waals surface area contributed by atoms with Gasteiger partial charge >= 0.3 is 0 Å². The summed E-state index contributed by atoms with van der Waals surface area (Å²) in [4.78, 5) is 17.0. The Balaban J connectivity index is 1.35. The fourth-order valence-corrected chi connectivity index (χ4v) is 6.01. The first-order valence-corrected chi connectivity index (χ1v) is 14.9. The van der Waals surface area contributed by atoms with E-state index in [1.54, 1.807) is 7.11 Å². The number of ether oxygens (including phenoxy) is 1. The molecule has 3 heterocycles. The number of fused-ring (bicyclic) bond motifs is 2. The summed E-state index contributed by atoms with van der Waals surface area (Å²) in [5, 5.41) is 14.6. The van der Waals surface area contributed by atoms with Gasteiger partial charge in [0.1, 0.15) is 5.75 Å². The summed E-state index contributed by atoms with van der Waals surface area (Å²) in [6, 6.07) is 31.6. The lowest BCUT2D eigenvalue weighted by Crippen LogP contribution is -1.98. The number of aromatic nitrogens is 3. The zero-order valence-corrected chi connectivity index (χ0v) is 24.9. The first-order valence-electron chi connectivity index (χ1n) is 13.6. The first-order chi connectivity index (χ1) is 21.1. The maximum Gasteiger partial charge on any atom is 0.211 e. The van der Waals surface area contributed by atoms with Crippen LogP contribution in [-0.2, 0) is 0 Å². The Bertz CT molecular complexity index is 2140. The molecule has 0 spiro atoms. The topological polar surface area (TPSA) is 90.8 Å². The Labute approximate surface area is 256 Å². The second-order valence-electron chi connectivity index (χ2n) is 9.95. The number of H-pyrrole nitrogens is 2. The fourth-order valence-electron chi connectivity index (χ4n) is 5.21. The van der Waals surface area contributed by atoms with Gasteiger partial charge in [-0.3, -0.25) is 0 Å². The molecule has 0 amide bonds. The number of aryl methyl sites for hydroxylation is 1. The van der Waals surface area contributed by atoms with E-state index in [-0.39, 0.29) is 0 Å². The standard InChI is InChI=1S/C34H25ClN6OS/c1-20-30(25-7-3-5-9-27(25)36-20)33(41-40-23-15-17-24(42-2)18-16-23)39-34-38-29(19-43-34)31-26-8-4-6-10-28(26)37-32(31)21-11-13-22(35)14-12-21/h3-19,36-37H,1-2H3/b39-33-,41-40?. The molecule has 0 aliphatic carbocycles. The van der Waals surface area contributed by atoms with E-state index >= 15 is 0 Å². The first kappa shape index (κ1) is 26.8. The number of hydrogen-bond donors (Lipinski definition) is 2. The molecule has 0 unspecified atom stereocenters. The van der Waals surface area contributed by atoms with Crippen molar-refractivity contribution in [2.45, 2.75) is 6.92 Å². The van der Waals surface area contributed by atoms with Gasteiger partial charge < -0.3 is 14.7 Å². The van der Waals surface area contributed by atoms with Crippen molar-refractivity contribution in [1.82, 2.24) is 15.0 Å². The van der Waals surface area contributed by atoms with Crippen LogP contribution >= 0.6 is 22.9 Å². The molecule has 7 rings (SSSR count). The minimum Gasteiger partial charge on any atom is -0.497 e. The third-order valence-electron chi connectivity index (χ3n) is 7.24. The van der Waals surface area contributed by atoms with Crippen molar-refractivity contribution in [2.75, 3.05) is 7.11 Å². The Hall–Kier alpha value is -5.05. The Morgan fingerprint density at radius 2 is 1.53 bits per heavy atom. The van der Waals surface area contributed by atoms with Crippen molar-refractivity contribution in [2.24, 2.45) is 15.2 Å². The number of benzene rings is 4. The average molecular weight is 601 g/mol. The van der Waals surface area contributed by atoms with E-state index in [1.165, 1.54) is 11.3 Å². The van der Waals surface area contributed by atoms with Gasteiger partial charge in [-0.15, -0.1) is 21.6 Å². The number of rotatable bonds is 6. The van der Waals surface area contributed by atoms with Gasteiger partial charge in [0, 0.05) is 49.0 Å². The smallest absolute Gasteiger partial charge is 0.211 e. The molecule has 2 N–H and O–H groups in total. The number of aromatic amines is 2. The molecule has 0 radical (unpaired) electrons. The lowest BCUT2D eigenvalue weighted by atomic mass is 10.0. The Morgan fingerprint density at radius 1 is 0.837 bits per heavy atom. The van der Waals surface area contributed by atoms with Crippen LogP contribution in [-0.4, -0.2) is 27.9 Å². The Morgan fingerprint density at radius 3 is 2.28 bits per heavy atom. The Kier molecular flexibility index (Phi) is 7.06. The highest BCUT2D eigenvalue weighted by Gasteiger charge is 2.19. The molecule has 9 heteroatoms. The zero-order chi connectivity index (χ0) is 29.3. The molecule has 3 aromatic heterocycles. The van der Waals surface area contributed by atoms with Crippen molar-refractivity contribution >= 4 is 61.4 Å². The molecule has 0 saturated carbocycles. The molecular formula is C34H25ClN6OS. The normalized spacial score (nSPS) is 12.1. The maximum absolute atomic E-state index is 6.19. The van der Waals surface area contributed by atoms with E-state index < -0.39 is 0 Å². The van der Waals surface area contributed by atoms with Crippen molar-refractivity contribution in [3.05, 3.63) is 119 Å². The van der Waals surface area contributed by atoms with Gasteiger partial charge in [0.15, 0.2) is 5.84 Å². The summed E-state index contributed by atoms with van der Waals surface area (Å²) >= 11 is 7.66. The molecule has 0 saturated heterocycles. The predicted octanol–water partition coefficient (Wildman–Crippen LogP) is 10.3. The number of nitrogens with one attached hydrogen (secondary N) is 2. The number of thiazole rings is 1. The second-order valence-corrected chi connectivity index (χ2v) is 11.2. The van der Waals surface area contributed by atoms with Crippen molar-refractivity contribution in [3.8, 4) is 28.3 Å². The number of para-hydroxylation sites is 2. The number of nitrogens with zero attached hydrogens (tertiary/aromatic N) is 4. The lowest BCUT2D eigenvalue weighted by molar-refractivity contribution is 0.415. The number of azo groups is 1. The zero-order valence-electron chi connectivity index (χ0n) is 23.3. The fraction of sp³-hybridized carbons (Fsp3) is 0.0588. The van der Waals surface area contributed by atoms with Crippen LogP contribution in [0.1, 0.15) is 11.3 Å². The molecule has 0 atom stereocenters. The van der Waals surface area contributed by atoms with Gasteiger partial charge in [-0.25, -0.2) is 4.98 Å². The van der Waals surface area contributed by atoms with Gasteiger partial charge in [-0.1, -0.05) is 60.1 Å². The van der Waals surface area contributed by atoms with E-state index in [0.717, 1.165) is 61.3 Å². The highest BCUT2D eigenvalue weighted by molar-refractivity contribution is 7.13. The summed E-state index contributed by atoms with van der Waals surface area (Å²) in [5.41, 5.74) is 8.41. The van der Waals surface area contributed by atoms with Crippen LogP contribution in [0.4, 0.5) is 10.8 Å². The third kappa shape index (κ3) is 5.22. The summed E-state index contributed by atoms with van der Waals surface area (Å²) in [6.07, 6.45) is 0. The van der Waals surface area contributed by atoms with Crippen molar-refractivity contribution < 1.29 is 4.74 Å². The molecule has 4 aromatic carbocycles. The van der Waals surface area contributed by atoms with Gasteiger partial charge in [-0.05, 0) is 61.0 Å². The monoisotopic (exact) mass is 600 g/mol. The number of halogens is 1. The van der Waals surface area contributed by atoms with E-state index in [2.05, 4.69) is 38.4 Å². The van der Waals surface area contributed by atoms with Crippen LogP contribution in [0, 0.1) is 6.92 Å². The molecule has 0 aliphatic heterocycles. The average Bonchev–Trinajstić information content (AvgIpc) is 3.74. The number of amidine groups is 1. The third-order valence-corrected chi connectivity index (χ3v) is 8.22. The molecule has 7 nitrogen and oxygen atoms in total. The van der Waals surface area contributed by atoms with Crippen LogP contribution in [0.5, 0.6) is 5.75 Å². The molecule has 0 bridgehead atoms. The van der Waals surface area contributed by atoms with E-state index in [0.29, 0.717) is 21.7 Å². The quantitative estimate of drug-likeness (QED) is 0.113.